The highest BCUT2D eigenvalue weighted by Crippen LogP contribution is 2.06. The summed E-state index contributed by atoms with van der Waals surface area (Å²) in [4.78, 5) is 26.6. The number of rotatable bonds is 2. The van der Waals surface area contributed by atoms with Crippen LogP contribution in [0.5, 0.6) is 0 Å². The number of hydrogen-bond donors (Lipinski definition) is 3. The average molecular weight is 220 g/mol. The maximum atomic E-state index is 11.6. The summed E-state index contributed by atoms with van der Waals surface area (Å²) in [7, 11) is 0. The van der Waals surface area contributed by atoms with Gasteiger partial charge in [-0.3, -0.25) is 15.0 Å². The minimum absolute atomic E-state index is 0.150. The number of aryl methyl sites for hydroxylation is 1. The van der Waals surface area contributed by atoms with Gasteiger partial charge in [-0.15, -0.1) is 0 Å². The van der Waals surface area contributed by atoms with E-state index in [4.69, 9.17) is 0 Å². The lowest BCUT2D eigenvalue weighted by Gasteiger charge is -2.08. The molecule has 0 spiro atoms. The minimum Gasteiger partial charge on any atom is -0.309 e. The summed E-state index contributed by atoms with van der Waals surface area (Å²) in [5, 5.41) is 2.63. The Balaban J connectivity index is 1.97. The average Bonchev–Trinajstić information content (AvgIpc) is 2.68. The summed E-state index contributed by atoms with van der Waals surface area (Å²) in [5.41, 5.74) is 6.00. The highest BCUT2D eigenvalue weighted by atomic mass is 16.2. The number of nitrogens with one attached hydrogen (secondary N) is 3. The summed E-state index contributed by atoms with van der Waals surface area (Å²) in [6.07, 6.45) is 1.82. The van der Waals surface area contributed by atoms with Gasteiger partial charge >= 0.3 is 0 Å². The van der Waals surface area contributed by atoms with E-state index in [0.29, 0.717) is 5.82 Å². The number of anilines is 1. The molecule has 0 aliphatic carbocycles. The molecule has 1 atom stereocenters. The molecule has 0 radical (unpaired) electrons. The van der Waals surface area contributed by atoms with Crippen LogP contribution in [-0.2, 0) is 9.59 Å². The molecule has 2 heterocycles. The van der Waals surface area contributed by atoms with Gasteiger partial charge in [-0.1, -0.05) is 6.07 Å². The van der Waals surface area contributed by atoms with Crippen molar-refractivity contribution < 1.29 is 9.59 Å². The second kappa shape index (κ2) is 4.28. The van der Waals surface area contributed by atoms with Gasteiger partial charge in [-0.05, 0) is 18.6 Å². The second-order valence-electron chi connectivity index (χ2n) is 3.66. The monoisotopic (exact) mass is 220 g/mol. The first-order chi connectivity index (χ1) is 7.65. The second-order valence-corrected chi connectivity index (χ2v) is 3.66. The molecule has 3 N–H and O–H groups in total. The fourth-order valence-corrected chi connectivity index (χ4v) is 1.37. The molecule has 16 heavy (non-hydrogen) atoms. The van der Waals surface area contributed by atoms with Crippen LogP contribution >= 0.6 is 0 Å². The van der Waals surface area contributed by atoms with E-state index in [2.05, 4.69) is 21.2 Å². The summed E-state index contributed by atoms with van der Waals surface area (Å²) in [5.74, 6) is 0.0310. The van der Waals surface area contributed by atoms with Crippen molar-refractivity contribution in [3.63, 3.8) is 0 Å². The molecule has 0 bridgehead atoms. The van der Waals surface area contributed by atoms with E-state index in [-0.39, 0.29) is 18.2 Å². The molecule has 2 rings (SSSR count). The van der Waals surface area contributed by atoms with E-state index < -0.39 is 6.04 Å². The van der Waals surface area contributed by atoms with E-state index in [1.807, 2.05) is 13.0 Å². The lowest BCUT2D eigenvalue weighted by molar-refractivity contribution is -0.121. The van der Waals surface area contributed by atoms with Gasteiger partial charge in [-0.25, -0.2) is 10.4 Å². The van der Waals surface area contributed by atoms with Crippen molar-refractivity contribution in [3.05, 3.63) is 23.9 Å². The Bertz CT molecular complexity index is 415. The largest absolute Gasteiger partial charge is 0.309 e. The third-order valence-electron chi connectivity index (χ3n) is 2.25. The summed E-state index contributed by atoms with van der Waals surface area (Å²) >= 11 is 0. The first kappa shape index (κ1) is 10.6. The molecule has 84 valence electrons. The van der Waals surface area contributed by atoms with Gasteiger partial charge in [0, 0.05) is 6.20 Å². The maximum absolute atomic E-state index is 11.6. The Kier molecular flexibility index (Phi) is 2.82. The van der Waals surface area contributed by atoms with Crippen LogP contribution in [0.2, 0.25) is 0 Å². The number of nitrogens with zero attached hydrogens (tertiary/aromatic N) is 1. The van der Waals surface area contributed by atoms with E-state index in [9.17, 15) is 9.59 Å². The van der Waals surface area contributed by atoms with Crippen LogP contribution < -0.4 is 16.2 Å². The smallest absolute Gasteiger partial charge is 0.245 e. The molecule has 1 unspecified atom stereocenters. The van der Waals surface area contributed by atoms with E-state index in [1.54, 1.807) is 12.3 Å². The Labute approximate surface area is 92.4 Å². The van der Waals surface area contributed by atoms with E-state index in [0.717, 1.165) is 5.56 Å². The van der Waals surface area contributed by atoms with Gasteiger partial charge in [0.25, 0.3) is 0 Å². The third kappa shape index (κ3) is 2.34. The lowest BCUT2D eigenvalue weighted by Crippen LogP contribution is -2.39. The predicted octanol–water partition coefficient (Wildman–Crippen LogP) is -0.278. The maximum Gasteiger partial charge on any atom is 0.245 e. The van der Waals surface area contributed by atoms with Gasteiger partial charge < -0.3 is 5.32 Å². The number of pyridine rings is 1. The van der Waals surface area contributed by atoms with Crippen LogP contribution in [0.25, 0.3) is 0 Å². The highest BCUT2D eigenvalue weighted by Gasteiger charge is 2.27. The molecule has 1 aromatic rings. The zero-order valence-electron chi connectivity index (χ0n) is 8.78. The first-order valence-electron chi connectivity index (χ1n) is 4.93. The molecule has 1 saturated heterocycles. The molecule has 6 nitrogen and oxygen atoms in total. The SMILES string of the molecule is Cc1ccc(NC(=O)C2CC(=O)NN2)nc1. The Morgan fingerprint density at radius 3 is 2.94 bits per heavy atom. The number of carbonyl (C=O) groups excluding carboxylic acids is 2. The highest BCUT2D eigenvalue weighted by molar-refractivity contribution is 5.98. The van der Waals surface area contributed by atoms with Crippen molar-refractivity contribution in [1.82, 2.24) is 15.8 Å². The van der Waals surface area contributed by atoms with Crippen LogP contribution in [0.4, 0.5) is 5.82 Å². The van der Waals surface area contributed by atoms with Gasteiger partial charge in [0.15, 0.2) is 0 Å². The number of amides is 2. The first-order valence-corrected chi connectivity index (χ1v) is 4.93. The number of aromatic nitrogens is 1. The van der Waals surface area contributed by atoms with Crippen LogP contribution in [0.15, 0.2) is 18.3 Å². The fourth-order valence-electron chi connectivity index (χ4n) is 1.37. The molecule has 1 fully saturated rings. The molecule has 1 aliphatic heterocycles. The summed E-state index contributed by atoms with van der Waals surface area (Å²) < 4.78 is 0. The number of carbonyl (C=O) groups is 2. The normalized spacial score (nSPS) is 19.3. The zero-order chi connectivity index (χ0) is 11.5. The quantitative estimate of drug-likeness (QED) is 0.640. The van der Waals surface area contributed by atoms with Crippen LogP contribution in [-0.4, -0.2) is 22.8 Å². The standard InChI is InChI=1S/C10H12N4O2/c1-6-2-3-8(11-5-6)12-10(16)7-4-9(15)14-13-7/h2-3,5,7,13H,4H2,1H3,(H,14,15)(H,11,12,16). The van der Waals surface area contributed by atoms with Crippen LogP contribution in [0.3, 0.4) is 0 Å². The predicted molar refractivity (Wildman–Crippen MR) is 57.3 cm³/mol. The molecule has 2 amide bonds. The molecule has 1 aromatic heterocycles. The fraction of sp³-hybridized carbons (Fsp3) is 0.300. The van der Waals surface area contributed by atoms with Crippen LogP contribution in [0.1, 0.15) is 12.0 Å². The van der Waals surface area contributed by atoms with Crippen LogP contribution in [0, 0.1) is 6.92 Å². The van der Waals surface area contributed by atoms with Crippen molar-refractivity contribution in [2.75, 3.05) is 5.32 Å². The zero-order valence-corrected chi connectivity index (χ0v) is 8.78. The minimum atomic E-state index is -0.532. The van der Waals surface area contributed by atoms with Crippen molar-refractivity contribution in [2.24, 2.45) is 0 Å². The molecular weight excluding hydrogens is 208 g/mol. The van der Waals surface area contributed by atoms with Crippen molar-refractivity contribution in [2.45, 2.75) is 19.4 Å². The van der Waals surface area contributed by atoms with Gasteiger partial charge in [0.1, 0.15) is 11.9 Å². The molecule has 1 aliphatic rings. The molecule has 0 saturated carbocycles. The summed E-state index contributed by atoms with van der Waals surface area (Å²) in [6, 6.07) is 3.04. The van der Waals surface area contributed by atoms with E-state index >= 15 is 0 Å². The van der Waals surface area contributed by atoms with Crippen molar-refractivity contribution in [3.8, 4) is 0 Å². The molecule has 0 aromatic carbocycles. The van der Waals surface area contributed by atoms with Gasteiger partial charge in [0.2, 0.25) is 11.8 Å². The third-order valence-corrected chi connectivity index (χ3v) is 2.25. The molecular formula is C10H12N4O2. The Hall–Kier alpha value is -1.95. The van der Waals surface area contributed by atoms with Crippen molar-refractivity contribution in [1.29, 1.82) is 0 Å². The van der Waals surface area contributed by atoms with Gasteiger partial charge in [0.05, 0.1) is 6.42 Å². The Morgan fingerprint density at radius 1 is 1.56 bits per heavy atom. The van der Waals surface area contributed by atoms with Crippen molar-refractivity contribution >= 4 is 17.6 Å². The lowest BCUT2D eigenvalue weighted by atomic mass is 10.2. The van der Waals surface area contributed by atoms with E-state index in [1.165, 1.54) is 0 Å². The number of hydrazine groups is 1. The van der Waals surface area contributed by atoms with Gasteiger partial charge in [-0.2, -0.15) is 0 Å². The topological polar surface area (TPSA) is 83.1 Å². The summed E-state index contributed by atoms with van der Waals surface area (Å²) in [6.45, 7) is 1.92. The Morgan fingerprint density at radius 2 is 2.38 bits per heavy atom. The number of hydrogen-bond acceptors (Lipinski definition) is 4. The molecule has 6 heteroatoms.